The quantitative estimate of drug-likeness (QED) is 0.270. The highest BCUT2D eigenvalue weighted by Crippen LogP contribution is 2.28. The summed E-state index contributed by atoms with van der Waals surface area (Å²) in [5, 5.41) is 8.97. The standard InChI is InChI=1S/C23H28N4O6/c1-4-12-24-22(29)23(30)27-25-14-16-6-11-19(20(13-16)32-5-2)33-15-21(28)26-17-7-9-18(31-3)10-8-17/h6-11,13-14H,4-5,12,15H2,1-3H3,(H,24,29)(H,26,28)(H,27,30)/b25-14-. The minimum atomic E-state index is -0.854. The van der Waals surface area contributed by atoms with Crippen molar-refractivity contribution in [1.29, 1.82) is 0 Å². The van der Waals surface area contributed by atoms with Crippen molar-refractivity contribution >= 4 is 29.6 Å². The molecule has 0 aliphatic rings. The molecule has 176 valence electrons. The highest BCUT2D eigenvalue weighted by Gasteiger charge is 2.12. The van der Waals surface area contributed by atoms with Gasteiger partial charge in [-0.05, 0) is 61.4 Å². The third kappa shape index (κ3) is 8.52. The maximum absolute atomic E-state index is 12.2. The molecule has 10 nitrogen and oxygen atoms in total. The lowest BCUT2D eigenvalue weighted by molar-refractivity contribution is -0.139. The first kappa shape index (κ1) is 25.2. The number of rotatable bonds is 11. The van der Waals surface area contributed by atoms with E-state index >= 15 is 0 Å². The van der Waals surface area contributed by atoms with Gasteiger partial charge in [-0.1, -0.05) is 6.92 Å². The van der Waals surface area contributed by atoms with E-state index in [-0.39, 0.29) is 12.5 Å². The summed E-state index contributed by atoms with van der Waals surface area (Å²) in [5.74, 6) is -0.466. The number of carbonyl (C=O) groups excluding carboxylic acids is 3. The Morgan fingerprint density at radius 2 is 1.73 bits per heavy atom. The van der Waals surface area contributed by atoms with Crippen LogP contribution in [-0.4, -0.2) is 50.8 Å². The number of benzene rings is 2. The molecule has 10 heteroatoms. The van der Waals surface area contributed by atoms with Crippen LogP contribution in [0.5, 0.6) is 17.2 Å². The van der Waals surface area contributed by atoms with Crippen LogP contribution in [0.2, 0.25) is 0 Å². The van der Waals surface area contributed by atoms with E-state index < -0.39 is 11.8 Å². The second-order valence-electron chi connectivity index (χ2n) is 6.66. The number of amides is 3. The van der Waals surface area contributed by atoms with E-state index in [0.717, 1.165) is 6.42 Å². The fourth-order valence-electron chi connectivity index (χ4n) is 2.54. The molecule has 0 atom stereocenters. The zero-order chi connectivity index (χ0) is 24.1. The lowest BCUT2D eigenvalue weighted by Gasteiger charge is -2.13. The van der Waals surface area contributed by atoms with Crippen LogP contribution in [0.15, 0.2) is 47.6 Å². The molecule has 0 unspecified atom stereocenters. The number of methoxy groups -OCH3 is 1. The third-order valence-electron chi connectivity index (χ3n) is 4.12. The van der Waals surface area contributed by atoms with Crippen LogP contribution in [0.25, 0.3) is 0 Å². The van der Waals surface area contributed by atoms with Gasteiger partial charge in [0.05, 0.1) is 19.9 Å². The van der Waals surface area contributed by atoms with E-state index in [1.807, 2.05) is 13.8 Å². The first-order valence-corrected chi connectivity index (χ1v) is 10.4. The summed E-state index contributed by atoms with van der Waals surface area (Å²) in [6.45, 7) is 4.27. The van der Waals surface area contributed by atoms with Crippen LogP contribution < -0.4 is 30.3 Å². The number of hydrazone groups is 1. The molecule has 3 N–H and O–H groups in total. The first-order chi connectivity index (χ1) is 16.0. The number of carbonyl (C=O) groups is 3. The molecule has 0 heterocycles. The molecule has 0 aliphatic heterocycles. The number of anilines is 1. The lowest BCUT2D eigenvalue weighted by atomic mass is 10.2. The van der Waals surface area contributed by atoms with Crippen LogP contribution in [0, 0.1) is 0 Å². The number of hydrogen-bond acceptors (Lipinski definition) is 7. The molecule has 2 aromatic carbocycles. The number of nitrogens with zero attached hydrogens (tertiary/aromatic N) is 1. The largest absolute Gasteiger partial charge is 0.497 e. The molecule has 0 aliphatic carbocycles. The summed E-state index contributed by atoms with van der Waals surface area (Å²) in [5.41, 5.74) is 3.38. The van der Waals surface area contributed by atoms with Gasteiger partial charge in [-0.3, -0.25) is 14.4 Å². The normalized spacial score (nSPS) is 10.4. The summed E-state index contributed by atoms with van der Waals surface area (Å²) in [4.78, 5) is 35.4. The van der Waals surface area contributed by atoms with Crippen molar-refractivity contribution in [3.05, 3.63) is 48.0 Å². The van der Waals surface area contributed by atoms with Crippen LogP contribution >= 0.6 is 0 Å². The Kier molecular flexibility index (Phi) is 10.2. The third-order valence-corrected chi connectivity index (χ3v) is 4.12. The average molecular weight is 456 g/mol. The Balaban J connectivity index is 1.94. The minimum absolute atomic E-state index is 0.220. The van der Waals surface area contributed by atoms with Crippen molar-refractivity contribution in [3.8, 4) is 17.2 Å². The summed E-state index contributed by atoms with van der Waals surface area (Å²) in [6, 6.07) is 11.9. The molecule has 0 aromatic heterocycles. The van der Waals surface area contributed by atoms with E-state index in [9.17, 15) is 14.4 Å². The zero-order valence-corrected chi connectivity index (χ0v) is 18.8. The van der Waals surface area contributed by atoms with Crippen LogP contribution in [0.1, 0.15) is 25.8 Å². The Labute approximate surface area is 192 Å². The number of hydrogen-bond donors (Lipinski definition) is 3. The van der Waals surface area contributed by atoms with E-state index in [0.29, 0.717) is 41.7 Å². The summed E-state index contributed by atoms with van der Waals surface area (Å²) >= 11 is 0. The highest BCUT2D eigenvalue weighted by atomic mass is 16.5. The monoisotopic (exact) mass is 456 g/mol. The van der Waals surface area contributed by atoms with E-state index in [2.05, 4.69) is 21.2 Å². The predicted molar refractivity (Wildman–Crippen MR) is 124 cm³/mol. The molecule has 0 spiro atoms. The Bertz CT molecular complexity index is 975. The van der Waals surface area contributed by atoms with Gasteiger partial charge in [-0.2, -0.15) is 5.10 Å². The first-order valence-electron chi connectivity index (χ1n) is 10.4. The van der Waals surface area contributed by atoms with Gasteiger partial charge in [0.2, 0.25) is 0 Å². The lowest BCUT2D eigenvalue weighted by Crippen LogP contribution is -2.38. The molecule has 0 bridgehead atoms. The Morgan fingerprint density at radius 1 is 0.970 bits per heavy atom. The molecule has 0 saturated carbocycles. The summed E-state index contributed by atoms with van der Waals surface area (Å²) in [7, 11) is 1.57. The zero-order valence-electron chi connectivity index (χ0n) is 18.8. The second-order valence-corrected chi connectivity index (χ2v) is 6.66. The van der Waals surface area contributed by atoms with Crippen molar-refractivity contribution in [2.24, 2.45) is 5.10 Å². The topological polar surface area (TPSA) is 127 Å². The minimum Gasteiger partial charge on any atom is -0.497 e. The highest BCUT2D eigenvalue weighted by molar-refractivity contribution is 6.35. The van der Waals surface area contributed by atoms with Crippen LogP contribution in [0.3, 0.4) is 0 Å². The van der Waals surface area contributed by atoms with Gasteiger partial charge in [-0.25, -0.2) is 5.43 Å². The van der Waals surface area contributed by atoms with E-state index in [1.54, 1.807) is 49.6 Å². The molecular weight excluding hydrogens is 428 g/mol. The Hall–Kier alpha value is -4.08. The molecule has 3 amide bonds. The van der Waals surface area contributed by atoms with Gasteiger partial charge < -0.3 is 24.8 Å². The maximum Gasteiger partial charge on any atom is 0.329 e. The SMILES string of the molecule is CCCNC(=O)C(=O)N/N=C\c1ccc(OCC(=O)Nc2ccc(OC)cc2)c(OCC)c1. The van der Waals surface area contributed by atoms with E-state index in [1.165, 1.54) is 6.21 Å². The van der Waals surface area contributed by atoms with Gasteiger partial charge in [0.15, 0.2) is 18.1 Å². The van der Waals surface area contributed by atoms with Crippen molar-refractivity contribution in [2.45, 2.75) is 20.3 Å². The Morgan fingerprint density at radius 3 is 2.39 bits per heavy atom. The van der Waals surface area contributed by atoms with Crippen molar-refractivity contribution in [3.63, 3.8) is 0 Å². The van der Waals surface area contributed by atoms with Crippen molar-refractivity contribution in [1.82, 2.24) is 10.7 Å². The molecule has 0 saturated heterocycles. The molecule has 0 radical (unpaired) electrons. The van der Waals surface area contributed by atoms with E-state index in [4.69, 9.17) is 14.2 Å². The van der Waals surface area contributed by atoms with Crippen molar-refractivity contribution in [2.75, 3.05) is 32.2 Å². The average Bonchev–Trinajstić information content (AvgIpc) is 2.82. The molecule has 2 rings (SSSR count). The van der Waals surface area contributed by atoms with Crippen LogP contribution in [-0.2, 0) is 14.4 Å². The maximum atomic E-state index is 12.2. The van der Waals surface area contributed by atoms with Gasteiger partial charge in [0, 0.05) is 12.2 Å². The molecular formula is C23H28N4O6. The number of ether oxygens (including phenoxy) is 3. The fourth-order valence-corrected chi connectivity index (χ4v) is 2.54. The summed E-state index contributed by atoms with van der Waals surface area (Å²) < 4.78 is 16.3. The smallest absolute Gasteiger partial charge is 0.329 e. The van der Waals surface area contributed by atoms with Crippen molar-refractivity contribution < 1.29 is 28.6 Å². The summed E-state index contributed by atoms with van der Waals surface area (Å²) in [6.07, 6.45) is 2.09. The van der Waals surface area contributed by atoms with Gasteiger partial charge in [-0.15, -0.1) is 0 Å². The molecule has 33 heavy (non-hydrogen) atoms. The fraction of sp³-hybridized carbons (Fsp3) is 0.304. The van der Waals surface area contributed by atoms with Gasteiger partial charge >= 0.3 is 11.8 Å². The van der Waals surface area contributed by atoms with Crippen LogP contribution in [0.4, 0.5) is 5.69 Å². The second kappa shape index (κ2) is 13.4. The molecule has 0 fully saturated rings. The number of nitrogens with one attached hydrogen (secondary N) is 3. The van der Waals surface area contributed by atoms with Gasteiger partial charge in [0.25, 0.3) is 5.91 Å². The predicted octanol–water partition coefficient (Wildman–Crippen LogP) is 2.09. The van der Waals surface area contributed by atoms with Gasteiger partial charge in [0.1, 0.15) is 5.75 Å². The molecule has 2 aromatic rings.